The molecule has 0 aliphatic heterocycles. The summed E-state index contributed by atoms with van der Waals surface area (Å²) in [7, 11) is -3.23. The van der Waals surface area contributed by atoms with E-state index >= 15 is 0 Å². The van der Waals surface area contributed by atoms with Crippen molar-refractivity contribution in [2.24, 2.45) is 11.7 Å². The molecular weight excluding hydrogens is 385 g/mol. The van der Waals surface area contributed by atoms with Crippen LogP contribution in [0.25, 0.3) is 0 Å². The maximum atomic E-state index is 13.1. The lowest BCUT2D eigenvalue weighted by Crippen LogP contribution is -2.22. The van der Waals surface area contributed by atoms with Crippen molar-refractivity contribution in [1.82, 2.24) is 0 Å². The van der Waals surface area contributed by atoms with Crippen LogP contribution in [0.4, 0.5) is 13.2 Å². The first-order valence-electron chi connectivity index (χ1n) is 8.72. The van der Waals surface area contributed by atoms with Gasteiger partial charge in [0.2, 0.25) is 0 Å². The molecule has 0 saturated heterocycles. The van der Waals surface area contributed by atoms with Gasteiger partial charge in [-0.1, -0.05) is 25.0 Å². The second-order valence-corrected chi connectivity index (χ2v) is 7.61. The van der Waals surface area contributed by atoms with Gasteiger partial charge in [0.1, 0.15) is 0 Å². The van der Waals surface area contributed by atoms with Gasteiger partial charge in [-0.2, -0.15) is 18.4 Å². The fraction of sp³-hybridized carbons (Fsp3) is 0.381. The highest BCUT2D eigenvalue weighted by Crippen LogP contribution is 2.31. The zero-order valence-corrected chi connectivity index (χ0v) is 16.7. The molecule has 2 atom stereocenters. The molecule has 0 heterocycles. The molecule has 1 aromatic carbocycles. The third-order valence-electron chi connectivity index (χ3n) is 4.09. The summed E-state index contributed by atoms with van der Waals surface area (Å²) >= 11 is 0. The molecule has 2 unspecified atom stereocenters. The number of nitrogens with two attached hydrogens (primary N) is 1. The Bertz CT molecular complexity index is 858. The van der Waals surface area contributed by atoms with Gasteiger partial charge in [0.15, 0.2) is 10.8 Å². The molecule has 3 nitrogen and oxygen atoms in total. The van der Waals surface area contributed by atoms with Gasteiger partial charge in [-0.25, -0.2) is 4.21 Å². The van der Waals surface area contributed by atoms with Crippen LogP contribution in [-0.2, 0) is 17.2 Å². The lowest BCUT2D eigenvalue weighted by Gasteiger charge is -2.16. The van der Waals surface area contributed by atoms with Gasteiger partial charge in [0, 0.05) is 17.0 Å². The van der Waals surface area contributed by atoms with E-state index < -0.39 is 22.2 Å². The fourth-order valence-corrected chi connectivity index (χ4v) is 3.80. The van der Waals surface area contributed by atoms with Crippen molar-refractivity contribution >= 4 is 10.8 Å². The van der Waals surface area contributed by atoms with E-state index in [-0.39, 0.29) is 23.4 Å². The first-order valence-corrected chi connectivity index (χ1v) is 9.87. The highest BCUT2D eigenvalue weighted by molar-refractivity contribution is 7.90. The highest BCUT2D eigenvalue weighted by atomic mass is 32.2. The summed E-state index contributed by atoms with van der Waals surface area (Å²) in [5.74, 6) is 1.65. The third-order valence-corrected chi connectivity index (χ3v) is 5.31. The third kappa shape index (κ3) is 6.67. The molecule has 0 spiro atoms. The van der Waals surface area contributed by atoms with Crippen molar-refractivity contribution < 1.29 is 17.4 Å². The number of benzene rings is 1. The standard InChI is InChI=1S/C21H23F3N2OS/c1-4-16-10-15(3)11-17(12-16)8-6-7-9-20(28(27)21(22,23)24)19(5-2)18(13-25)14-26/h1,7,9-12,18H,5-6,8,13,25H2,2-3H3/b9-7-,20-19-. The van der Waals surface area contributed by atoms with Crippen molar-refractivity contribution in [2.45, 2.75) is 38.6 Å². The number of terminal acetylenes is 1. The molecule has 0 fully saturated rings. The van der Waals surface area contributed by atoms with Crippen molar-refractivity contribution in [1.29, 1.82) is 5.26 Å². The van der Waals surface area contributed by atoms with Crippen molar-refractivity contribution in [3.63, 3.8) is 0 Å². The second kappa shape index (κ2) is 10.8. The van der Waals surface area contributed by atoms with E-state index in [1.165, 1.54) is 12.2 Å². The lowest BCUT2D eigenvalue weighted by atomic mass is 9.97. The number of allylic oxidation sites excluding steroid dienone is 2. The predicted octanol–water partition coefficient (Wildman–Crippen LogP) is 4.50. The number of nitriles is 1. The number of nitrogens with zero attached hydrogens (tertiary/aromatic N) is 1. The lowest BCUT2D eigenvalue weighted by molar-refractivity contribution is -0.0376. The number of hydrogen-bond acceptors (Lipinski definition) is 3. The Hall–Kier alpha value is -2.35. The van der Waals surface area contributed by atoms with Crippen LogP contribution in [0.3, 0.4) is 0 Å². The van der Waals surface area contributed by atoms with Gasteiger partial charge in [0.25, 0.3) is 0 Å². The quantitative estimate of drug-likeness (QED) is 0.509. The monoisotopic (exact) mass is 408 g/mol. The maximum Gasteiger partial charge on any atom is 0.475 e. The van der Waals surface area contributed by atoms with Crippen LogP contribution in [0.1, 0.15) is 36.5 Å². The molecule has 1 aromatic rings. The van der Waals surface area contributed by atoms with E-state index in [4.69, 9.17) is 12.2 Å². The molecule has 0 aliphatic carbocycles. The van der Waals surface area contributed by atoms with Crippen LogP contribution in [0, 0.1) is 36.5 Å². The van der Waals surface area contributed by atoms with E-state index in [1.807, 2.05) is 31.2 Å². The molecule has 1 rings (SSSR count). The van der Waals surface area contributed by atoms with E-state index in [0.29, 0.717) is 12.8 Å². The number of halogens is 3. The smallest absolute Gasteiger partial charge is 0.329 e. The minimum absolute atomic E-state index is 0.135. The van der Waals surface area contributed by atoms with Crippen LogP contribution in [0.2, 0.25) is 0 Å². The van der Waals surface area contributed by atoms with Crippen LogP contribution in [-0.4, -0.2) is 16.3 Å². The predicted molar refractivity (Wildman–Crippen MR) is 106 cm³/mol. The molecule has 28 heavy (non-hydrogen) atoms. The Morgan fingerprint density at radius 1 is 1.39 bits per heavy atom. The van der Waals surface area contributed by atoms with Crippen molar-refractivity contribution in [2.75, 3.05) is 6.54 Å². The Morgan fingerprint density at radius 2 is 2.07 bits per heavy atom. The Morgan fingerprint density at radius 3 is 2.57 bits per heavy atom. The van der Waals surface area contributed by atoms with Gasteiger partial charge in [-0.05, 0) is 61.1 Å². The molecule has 0 amide bonds. The average molecular weight is 408 g/mol. The van der Waals surface area contributed by atoms with Crippen LogP contribution in [0.5, 0.6) is 0 Å². The minimum Gasteiger partial charge on any atom is -0.329 e. The first-order chi connectivity index (χ1) is 13.2. The normalized spacial score (nSPS) is 14.9. The van der Waals surface area contributed by atoms with Crippen molar-refractivity contribution in [3.8, 4) is 18.4 Å². The first kappa shape index (κ1) is 23.7. The van der Waals surface area contributed by atoms with Crippen LogP contribution < -0.4 is 5.73 Å². The maximum absolute atomic E-state index is 13.1. The van der Waals surface area contributed by atoms with E-state index in [9.17, 15) is 22.6 Å². The van der Waals surface area contributed by atoms with Gasteiger partial charge >= 0.3 is 5.51 Å². The molecule has 0 saturated carbocycles. The Balaban J connectivity index is 3.14. The topological polar surface area (TPSA) is 66.9 Å². The van der Waals surface area contributed by atoms with Gasteiger partial charge < -0.3 is 5.73 Å². The van der Waals surface area contributed by atoms with Gasteiger partial charge in [0.05, 0.1) is 12.0 Å². The largest absolute Gasteiger partial charge is 0.475 e. The average Bonchev–Trinajstić information content (AvgIpc) is 2.65. The van der Waals surface area contributed by atoms with E-state index in [1.54, 1.807) is 6.92 Å². The van der Waals surface area contributed by atoms with Gasteiger partial charge in [-0.3, -0.25) is 0 Å². The molecular formula is C21H23F3N2OS. The zero-order chi connectivity index (χ0) is 21.3. The summed E-state index contributed by atoms with van der Waals surface area (Å²) in [5, 5.41) is 9.17. The molecule has 0 aliphatic rings. The molecule has 7 heteroatoms. The minimum atomic E-state index is -4.91. The van der Waals surface area contributed by atoms with Gasteiger partial charge in [-0.15, -0.1) is 6.42 Å². The molecule has 150 valence electrons. The van der Waals surface area contributed by atoms with E-state index in [0.717, 1.165) is 16.7 Å². The number of rotatable bonds is 8. The number of hydrogen-bond donors (Lipinski definition) is 1. The van der Waals surface area contributed by atoms with Crippen molar-refractivity contribution in [3.05, 3.63) is 57.5 Å². The highest BCUT2D eigenvalue weighted by Gasteiger charge is 2.40. The molecule has 0 radical (unpaired) electrons. The number of alkyl halides is 3. The Kier molecular flexibility index (Phi) is 9.18. The van der Waals surface area contributed by atoms with Crippen LogP contribution in [0.15, 0.2) is 40.8 Å². The SMILES string of the molecule is C#Cc1cc(C)cc(CC/C=C\C(=C(/CC)C(C#N)CN)S(=O)C(F)(F)F)c1. The summed E-state index contributed by atoms with van der Waals surface area (Å²) in [6, 6.07) is 7.56. The molecule has 2 N–H and O–H groups in total. The summed E-state index contributed by atoms with van der Waals surface area (Å²) < 4.78 is 51.2. The fourth-order valence-electron chi connectivity index (χ4n) is 2.81. The van der Waals surface area contributed by atoms with Crippen LogP contribution >= 0.6 is 0 Å². The zero-order valence-electron chi connectivity index (χ0n) is 15.8. The molecule has 0 bridgehead atoms. The summed E-state index contributed by atoms with van der Waals surface area (Å²) in [5.41, 5.74) is 3.45. The number of aryl methyl sites for hydroxylation is 2. The summed E-state index contributed by atoms with van der Waals surface area (Å²) in [4.78, 5) is -0.388. The summed E-state index contributed by atoms with van der Waals surface area (Å²) in [6.07, 6.45) is 9.32. The van der Waals surface area contributed by atoms with E-state index in [2.05, 4.69) is 5.92 Å². The Labute approximate surface area is 166 Å². The second-order valence-electron chi connectivity index (χ2n) is 6.17. The summed E-state index contributed by atoms with van der Waals surface area (Å²) in [6.45, 7) is 3.39. The molecule has 0 aromatic heterocycles.